The number of aliphatic hydroxyl groups excluding tert-OH is 1. The number of primary amides is 1. The van der Waals surface area contributed by atoms with Gasteiger partial charge in [-0.15, -0.1) is 0 Å². The Morgan fingerprint density at radius 3 is 2.75 bits per heavy atom. The molecular weight excluding hydrogens is 156 g/mol. The quantitative estimate of drug-likeness (QED) is 0.509. The lowest BCUT2D eigenvalue weighted by Crippen LogP contribution is -2.42. The maximum absolute atomic E-state index is 10.6. The van der Waals surface area contributed by atoms with Crippen LogP contribution in [0.1, 0.15) is 19.8 Å². The third-order valence-electron chi connectivity index (χ3n) is 2.23. The van der Waals surface area contributed by atoms with E-state index in [1.165, 1.54) is 0 Å². The van der Waals surface area contributed by atoms with E-state index in [9.17, 15) is 9.90 Å². The number of carbonyl (C=O) groups is 1. The lowest BCUT2D eigenvalue weighted by Gasteiger charge is -2.13. The number of hydrogen-bond acceptors (Lipinski definition) is 3. The number of hydrogen-bond donors (Lipinski definition) is 3. The fraction of sp³-hybridized carbons (Fsp3) is 0.875. The van der Waals surface area contributed by atoms with Crippen molar-refractivity contribution in [3.63, 3.8) is 0 Å². The largest absolute Gasteiger partial charge is 0.392 e. The van der Waals surface area contributed by atoms with Crippen molar-refractivity contribution < 1.29 is 9.90 Å². The summed E-state index contributed by atoms with van der Waals surface area (Å²) in [5, 5.41) is 12.3. The fourth-order valence-electron chi connectivity index (χ4n) is 1.05. The summed E-state index contributed by atoms with van der Waals surface area (Å²) in [6.45, 7) is 2.16. The normalized spacial score (nSPS) is 21.8. The van der Waals surface area contributed by atoms with Crippen LogP contribution in [-0.2, 0) is 4.79 Å². The zero-order valence-corrected chi connectivity index (χ0v) is 7.29. The topological polar surface area (TPSA) is 75.3 Å². The molecule has 1 aliphatic carbocycles. The van der Waals surface area contributed by atoms with E-state index >= 15 is 0 Å². The minimum absolute atomic E-state index is 0.313. The second kappa shape index (κ2) is 3.87. The van der Waals surface area contributed by atoms with Crippen molar-refractivity contribution in [3.8, 4) is 0 Å². The molecule has 0 bridgehead atoms. The molecule has 4 N–H and O–H groups in total. The van der Waals surface area contributed by atoms with Crippen LogP contribution in [0.15, 0.2) is 0 Å². The Morgan fingerprint density at radius 2 is 2.33 bits per heavy atom. The van der Waals surface area contributed by atoms with Gasteiger partial charge in [0.05, 0.1) is 12.1 Å². The highest BCUT2D eigenvalue weighted by molar-refractivity contribution is 5.79. The average Bonchev–Trinajstić information content (AvgIpc) is 2.81. The summed E-state index contributed by atoms with van der Waals surface area (Å²) >= 11 is 0. The molecule has 0 aliphatic heterocycles. The van der Waals surface area contributed by atoms with Crippen molar-refractivity contribution in [3.05, 3.63) is 0 Å². The van der Waals surface area contributed by atoms with Crippen LogP contribution in [0.3, 0.4) is 0 Å². The van der Waals surface area contributed by atoms with Crippen LogP contribution in [0.5, 0.6) is 0 Å². The van der Waals surface area contributed by atoms with Gasteiger partial charge in [-0.2, -0.15) is 0 Å². The molecule has 70 valence electrons. The van der Waals surface area contributed by atoms with Crippen LogP contribution in [-0.4, -0.2) is 29.7 Å². The molecule has 1 rings (SSSR count). The Labute approximate surface area is 72.1 Å². The molecule has 2 atom stereocenters. The molecule has 0 aromatic rings. The molecule has 1 fully saturated rings. The summed E-state index contributed by atoms with van der Waals surface area (Å²) in [5.41, 5.74) is 5.03. The van der Waals surface area contributed by atoms with Gasteiger partial charge in [-0.3, -0.25) is 4.79 Å². The molecule has 1 amide bonds. The van der Waals surface area contributed by atoms with Crippen molar-refractivity contribution in [1.29, 1.82) is 0 Å². The van der Waals surface area contributed by atoms with Crippen molar-refractivity contribution in [2.24, 2.45) is 11.7 Å². The molecule has 4 heteroatoms. The van der Waals surface area contributed by atoms with E-state index in [-0.39, 0.29) is 18.1 Å². The van der Waals surface area contributed by atoms with Gasteiger partial charge in [-0.25, -0.2) is 0 Å². The smallest absolute Gasteiger partial charge is 0.234 e. The van der Waals surface area contributed by atoms with Crippen LogP contribution >= 0.6 is 0 Å². The Hall–Kier alpha value is -0.610. The maximum Gasteiger partial charge on any atom is 0.234 e. The van der Waals surface area contributed by atoms with Gasteiger partial charge in [0.2, 0.25) is 5.91 Å². The van der Waals surface area contributed by atoms with Crippen molar-refractivity contribution in [2.45, 2.75) is 31.9 Å². The zero-order valence-electron chi connectivity index (χ0n) is 7.29. The molecule has 2 unspecified atom stereocenters. The number of nitrogens with two attached hydrogens (primary N) is 1. The number of aliphatic hydroxyl groups is 1. The van der Waals surface area contributed by atoms with E-state index in [4.69, 9.17) is 5.73 Å². The summed E-state index contributed by atoms with van der Waals surface area (Å²) in [4.78, 5) is 10.6. The third-order valence-corrected chi connectivity index (χ3v) is 2.23. The van der Waals surface area contributed by atoms with Crippen LogP contribution in [0.25, 0.3) is 0 Å². The summed E-state index contributed by atoms with van der Waals surface area (Å²) in [6, 6.07) is -0.349. The second-order valence-electron chi connectivity index (χ2n) is 3.44. The van der Waals surface area contributed by atoms with Gasteiger partial charge in [0.1, 0.15) is 0 Å². The molecule has 0 spiro atoms. The molecule has 0 heterocycles. The second-order valence-corrected chi connectivity index (χ2v) is 3.44. The van der Waals surface area contributed by atoms with Gasteiger partial charge < -0.3 is 16.2 Å². The van der Waals surface area contributed by atoms with Gasteiger partial charge in [0, 0.05) is 6.54 Å². The molecular formula is C8H16N2O2. The van der Waals surface area contributed by atoms with E-state index in [1.807, 2.05) is 0 Å². The molecule has 0 aromatic carbocycles. The number of amides is 1. The molecule has 0 radical (unpaired) electrons. The standard InChI is InChI=1S/C8H16N2O2/c1-5(8(9)12)10-4-7(11)6-2-3-6/h5-7,10-11H,2-4H2,1H3,(H2,9,12). The van der Waals surface area contributed by atoms with Crippen LogP contribution < -0.4 is 11.1 Å². The first-order valence-corrected chi connectivity index (χ1v) is 4.32. The number of rotatable bonds is 5. The third kappa shape index (κ3) is 2.79. The average molecular weight is 172 g/mol. The van der Waals surface area contributed by atoms with Crippen molar-refractivity contribution in [1.82, 2.24) is 5.32 Å². The molecule has 4 nitrogen and oxygen atoms in total. The van der Waals surface area contributed by atoms with E-state index in [0.717, 1.165) is 12.8 Å². The van der Waals surface area contributed by atoms with E-state index < -0.39 is 0 Å². The first kappa shape index (κ1) is 9.48. The predicted octanol–water partition coefficient (Wildman–Crippen LogP) is -0.779. The van der Waals surface area contributed by atoms with Gasteiger partial charge >= 0.3 is 0 Å². The fourth-order valence-corrected chi connectivity index (χ4v) is 1.05. The minimum Gasteiger partial charge on any atom is -0.392 e. The van der Waals surface area contributed by atoms with E-state index in [0.29, 0.717) is 12.5 Å². The Balaban J connectivity index is 2.11. The molecule has 1 aliphatic rings. The molecule has 12 heavy (non-hydrogen) atoms. The van der Waals surface area contributed by atoms with Crippen LogP contribution in [0, 0.1) is 5.92 Å². The van der Waals surface area contributed by atoms with Gasteiger partial charge in [-0.1, -0.05) is 0 Å². The first-order chi connectivity index (χ1) is 5.61. The van der Waals surface area contributed by atoms with E-state index in [1.54, 1.807) is 6.92 Å². The number of carbonyl (C=O) groups excluding carboxylic acids is 1. The van der Waals surface area contributed by atoms with Crippen LogP contribution in [0.2, 0.25) is 0 Å². The highest BCUT2D eigenvalue weighted by atomic mass is 16.3. The lowest BCUT2D eigenvalue weighted by molar-refractivity contribution is -0.119. The Kier molecular flexibility index (Phi) is 3.05. The van der Waals surface area contributed by atoms with Gasteiger partial charge in [-0.05, 0) is 25.7 Å². The van der Waals surface area contributed by atoms with Gasteiger partial charge in [0.15, 0.2) is 0 Å². The van der Waals surface area contributed by atoms with Crippen LogP contribution in [0.4, 0.5) is 0 Å². The maximum atomic E-state index is 10.6. The lowest BCUT2D eigenvalue weighted by atomic mass is 10.2. The highest BCUT2D eigenvalue weighted by Crippen LogP contribution is 2.32. The summed E-state index contributed by atoms with van der Waals surface area (Å²) in [6.07, 6.45) is 1.90. The summed E-state index contributed by atoms with van der Waals surface area (Å²) in [5.74, 6) is 0.0653. The van der Waals surface area contributed by atoms with Crippen molar-refractivity contribution in [2.75, 3.05) is 6.54 Å². The SMILES string of the molecule is CC(NCC(O)C1CC1)C(N)=O. The highest BCUT2D eigenvalue weighted by Gasteiger charge is 2.29. The Morgan fingerprint density at radius 1 is 1.75 bits per heavy atom. The zero-order chi connectivity index (χ0) is 9.14. The summed E-state index contributed by atoms with van der Waals surface area (Å²) < 4.78 is 0. The Bertz CT molecular complexity index is 168. The molecule has 1 saturated carbocycles. The minimum atomic E-state index is -0.377. The first-order valence-electron chi connectivity index (χ1n) is 4.32. The van der Waals surface area contributed by atoms with E-state index in [2.05, 4.69) is 5.32 Å². The monoisotopic (exact) mass is 172 g/mol. The van der Waals surface area contributed by atoms with Gasteiger partial charge in [0.25, 0.3) is 0 Å². The molecule has 0 saturated heterocycles. The molecule has 0 aromatic heterocycles. The number of nitrogens with one attached hydrogen (secondary N) is 1. The van der Waals surface area contributed by atoms with Crippen molar-refractivity contribution >= 4 is 5.91 Å². The predicted molar refractivity (Wildman–Crippen MR) is 45.4 cm³/mol. The summed E-state index contributed by atoms with van der Waals surface area (Å²) in [7, 11) is 0.